The second kappa shape index (κ2) is 7.88. The number of carbonyl (C=O) groups is 1. The van der Waals surface area contributed by atoms with E-state index >= 15 is 0 Å². The molecule has 0 saturated carbocycles. The van der Waals surface area contributed by atoms with Crippen molar-refractivity contribution < 1.29 is 22.4 Å². The third-order valence-corrected chi connectivity index (χ3v) is 6.89. The summed E-state index contributed by atoms with van der Waals surface area (Å²) in [5, 5.41) is 3.46. The fourth-order valence-corrected chi connectivity index (χ4v) is 5.05. The van der Waals surface area contributed by atoms with Crippen molar-refractivity contribution in [3.8, 4) is 5.75 Å². The summed E-state index contributed by atoms with van der Waals surface area (Å²) in [6, 6.07) is 13.3. The zero-order chi connectivity index (χ0) is 20.4. The standard InChI is InChI=1S/C21H22N2O5S/c1-27-18-10-5-7-15-13-19(28-20(15)18)21(24)22-16-8-6-9-17(14-16)29(25,26)23-11-3-2-4-12-23/h5-10,13-14H,2-4,11-12H2,1H3,(H,22,24). The first-order valence-electron chi connectivity index (χ1n) is 9.47. The van der Waals surface area contributed by atoms with Gasteiger partial charge in [-0.2, -0.15) is 4.31 Å². The fraction of sp³-hybridized carbons (Fsp3) is 0.286. The second-order valence-corrected chi connectivity index (χ2v) is 8.87. The molecular weight excluding hydrogens is 392 g/mol. The lowest BCUT2D eigenvalue weighted by Crippen LogP contribution is -2.35. The molecule has 0 radical (unpaired) electrons. The maximum absolute atomic E-state index is 12.9. The first kappa shape index (κ1) is 19.5. The summed E-state index contributed by atoms with van der Waals surface area (Å²) in [6.07, 6.45) is 2.78. The number of fused-ring (bicyclic) bond motifs is 1. The molecular formula is C21H22N2O5S. The molecule has 0 bridgehead atoms. The van der Waals surface area contributed by atoms with Gasteiger partial charge in [0.25, 0.3) is 5.91 Å². The molecule has 8 heteroatoms. The average Bonchev–Trinajstić information content (AvgIpc) is 3.19. The Morgan fingerprint density at radius 3 is 2.59 bits per heavy atom. The van der Waals surface area contributed by atoms with Crippen molar-refractivity contribution in [3.05, 3.63) is 54.3 Å². The van der Waals surface area contributed by atoms with Gasteiger partial charge in [0.1, 0.15) is 0 Å². The molecule has 152 valence electrons. The Balaban J connectivity index is 1.57. The molecule has 1 aliphatic heterocycles. The minimum absolute atomic E-state index is 0.119. The Hall–Kier alpha value is -2.84. The summed E-state index contributed by atoms with van der Waals surface area (Å²) >= 11 is 0. The van der Waals surface area contributed by atoms with Crippen LogP contribution in [0.3, 0.4) is 0 Å². The second-order valence-electron chi connectivity index (χ2n) is 6.94. The smallest absolute Gasteiger partial charge is 0.291 e. The molecule has 1 aliphatic rings. The third-order valence-electron chi connectivity index (χ3n) is 5.00. The number of piperidine rings is 1. The summed E-state index contributed by atoms with van der Waals surface area (Å²) in [5.41, 5.74) is 0.877. The third kappa shape index (κ3) is 3.86. The maximum Gasteiger partial charge on any atom is 0.291 e. The van der Waals surface area contributed by atoms with Crippen LogP contribution in [0.4, 0.5) is 5.69 Å². The Kier molecular flexibility index (Phi) is 5.29. The number of anilines is 1. The Morgan fingerprint density at radius 1 is 1.07 bits per heavy atom. The quantitative estimate of drug-likeness (QED) is 0.685. The number of para-hydroxylation sites is 1. The molecule has 1 fully saturated rings. The van der Waals surface area contributed by atoms with E-state index in [-0.39, 0.29) is 10.7 Å². The summed E-state index contributed by atoms with van der Waals surface area (Å²) in [5.74, 6) is 0.195. The number of hydrogen-bond donors (Lipinski definition) is 1. The predicted octanol–water partition coefficient (Wildman–Crippen LogP) is 3.87. The molecule has 2 aromatic carbocycles. The summed E-state index contributed by atoms with van der Waals surface area (Å²) < 4.78 is 38.1. The van der Waals surface area contributed by atoms with Crippen LogP contribution < -0.4 is 10.1 Å². The number of nitrogens with one attached hydrogen (secondary N) is 1. The van der Waals surface area contributed by atoms with Gasteiger partial charge in [-0.05, 0) is 43.2 Å². The van der Waals surface area contributed by atoms with E-state index in [1.54, 1.807) is 30.3 Å². The molecule has 1 aromatic heterocycles. The lowest BCUT2D eigenvalue weighted by molar-refractivity contribution is 0.0998. The molecule has 1 saturated heterocycles. The van der Waals surface area contributed by atoms with Crippen LogP contribution in [0.2, 0.25) is 0 Å². The number of carbonyl (C=O) groups excluding carboxylic acids is 1. The van der Waals surface area contributed by atoms with Crippen molar-refractivity contribution >= 4 is 32.6 Å². The van der Waals surface area contributed by atoms with E-state index < -0.39 is 15.9 Å². The molecule has 0 spiro atoms. The number of amides is 1. The van der Waals surface area contributed by atoms with Gasteiger partial charge in [0.05, 0.1) is 12.0 Å². The molecule has 1 N–H and O–H groups in total. The molecule has 4 rings (SSSR count). The number of methoxy groups -OCH3 is 1. The minimum atomic E-state index is -3.57. The Morgan fingerprint density at radius 2 is 1.83 bits per heavy atom. The number of sulfonamides is 1. The van der Waals surface area contributed by atoms with Gasteiger partial charge in [-0.25, -0.2) is 8.42 Å². The van der Waals surface area contributed by atoms with Gasteiger partial charge in [0, 0.05) is 24.2 Å². The van der Waals surface area contributed by atoms with Crippen molar-refractivity contribution in [2.24, 2.45) is 0 Å². The van der Waals surface area contributed by atoms with Crippen LogP contribution in [0.15, 0.2) is 57.8 Å². The van der Waals surface area contributed by atoms with Crippen molar-refractivity contribution in [2.45, 2.75) is 24.2 Å². The van der Waals surface area contributed by atoms with E-state index in [4.69, 9.17) is 9.15 Å². The van der Waals surface area contributed by atoms with Crippen molar-refractivity contribution in [3.63, 3.8) is 0 Å². The van der Waals surface area contributed by atoms with Crippen LogP contribution in [0.5, 0.6) is 5.75 Å². The first-order valence-corrected chi connectivity index (χ1v) is 10.9. The number of hydrogen-bond acceptors (Lipinski definition) is 5. The van der Waals surface area contributed by atoms with Crippen LogP contribution in [-0.4, -0.2) is 38.8 Å². The molecule has 7 nitrogen and oxygen atoms in total. The summed E-state index contributed by atoms with van der Waals surface area (Å²) in [4.78, 5) is 12.8. The highest BCUT2D eigenvalue weighted by molar-refractivity contribution is 7.89. The molecule has 1 amide bonds. The van der Waals surface area contributed by atoms with E-state index in [1.807, 2.05) is 12.1 Å². The van der Waals surface area contributed by atoms with Crippen LogP contribution in [0, 0.1) is 0 Å². The number of nitrogens with zero attached hydrogens (tertiary/aromatic N) is 1. The predicted molar refractivity (Wildman–Crippen MR) is 110 cm³/mol. The normalized spacial score (nSPS) is 15.3. The SMILES string of the molecule is COc1cccc2cc(C(=O)Nc3cccc(S(=O)(=O)N4CCCCC4)c3)oc12. The lowest BCUT2D eigenvalue weighted by Gasteiger charge is -2.26. The summed E-state index contributed by atoms with van der Waals surface area (Å²) in [6.45, 7) is 1.06. The van der Waals surface area contributed by atoms with E-state index in [0.717, 1.165) is 24.6 Å². The van der Waals surface area contributed by atoms with Crippen LogP contribution in [0.25, 0.3) is 11.0 Å². The fourth-order valence-electron chi connectivity index (χ4n) is 3.49. The zero-order valence-electron chi connectivity index (χ0n) is 16.1. The van der Waals surface area contributed by atoms with Gasteiger partial charge in [-0.15, -0.1) is 0 Å². The van der Waals surface area contributed by atoms with Crippen LogP contribution in [-0.2, 0) is 10.0 Å². The monoisotopic (exact) mass is 414 g/mol. The Bertz CT molecular complexity index is 1150. The molecule has 3 aromatic rings. The van der Waals surface area contributed by atoms with Gasteiger partial charge in [0.2, 0.25) is 10.0 Å². The molecule has 2 heterocycles. The molecule has 0 atom stereocenters. The first-order chi connectivity index (χ1) is 14.0. The molecule has 0 aliphatic carbocycles. The van der Waals surface area contributed by atoms with Crippen molar-refractivity contribution in [2.75, 3.05) is 25.5 Å². The highest BCUT2D eigenvalue weighted by Crippen LogP contribution is 2.29. The molecule has 29 heavy (non-hydrogen) atoms. The van der Waals surface area contributed by atoms with Crippen LogP contribution in [0.1, 0.15) is 29.8 Å². The topological polar surface area (TPSA) is 88.8 Å². The number of benzene rings is 2. The maximum atomic E-state index is 12.9. The van der Waals surface area contributed by atoms with E-state index in [2.05, 4.69) is 5.32 Å². The Labute approximate surface area is 169 Å². The van der Waals surface area contributed by atoms with Crippen LogP contribution >= 0.6 is 0 Å². The van der Waals surface area contributed by atoms with Gasteiger partial charge in [-0.3, -0.25) is 4.79 Å². The highest BCUT2D eigenvalue weighted by Gasteiger charge is 2.26. The van der Waals surface area contributed by atoms with Gasteiger partial charge in [0.15, 0.2) is 17.1 Å². The van der Waals surface area contributed by atoms with E-state index in [0.29, 0.717) is 30.1 Å². The van der Waals surface area contributed by atoms with Gasteiger partial charge in [-0.1, -0.05) is 24.6 Å². The van der Waals surface area contributed by atoms with E-state index in [1.165, 1.54) is 17.5 Å². The summed E-state index contributed by atoms with van der Waals surface area (Å²) in [7, 11) is -2.04. The number of rotatable bonds is 5. The largest absolute Gasteiger partial charge is 0.493 e. The lowest BCUT2D eigenvalue weighted by atomic mass is 10.2. The highest BCUT2D eigenvalue weighted by atomic mass is 32.2. The minimum Gasteiger partial charge on any atom is -0.493 e. The van der Waals surface area contributed by atoms with Crippen molar-refractivity contribution in [1.29, 1.82) is 0 Å². The number of ether oxygens (including phenoxy) is 1. The zero-order valence-corrected chi connectivity index (χ0v) is 16.9. The number of furan rings is 1. The van der Waals surface area contributed by atoms with Crippen molar-refractivity contribution in [1.82, 2.24) is 4.31 Å². The van der Waals surface area contributed by atoms with Gasteiger partial charge < -0.3 is 14.5 Å². The average molecular weight is 414 g/mol. The van der Waals surface area contributed by atoms with E-state index in [9.17, 15) is 13.2 Å². The molecule has 0 unspecified atom stereocenters. The van der Waals surface area contributed by atoms with Gasteiger partial charge >= 0.3 is 0 Å².